The number of aliphatic hydroxyl groups excluding tert-OH is 16. The van der Waals surface area contributed by atoms with Crippen LogP contribution in [0, 0.1) is 0 Å². The maximum Gasteiger partial charge on any atom is 0.187 e. The number of ether oxygens (including phenoxy) is 4. The van der Waals surface area contributed by atoms with Crippen LogP contribution >= 0.6 is 0 Å². The van der Waals surface area contributed by atoms with Gasteiger partial charge in [-0.15, -0.1) is 0 Å². The van der Waals surface area contributed by atoms with E-state index < -0.39 is 137 Å². The Balaban J connectivity index is 2.08. The van der Waals surface area contributed by atoms with Gasteiger partial charge in [-0.3, -0.25) is 0 Å². The van der Waals surface area contributed by atoms with Gasteiger partial charge in [-0.1, -0.05) is 0 Å². The van der Waals surface area contributed by atoms with Gasteiger partial charge in [-0.25, -0.2) is 0 Å². The molecule has 0 amide bonds. The largest absolute Gasteiger partial charge is 0.394 e. The highest BCUT2D eigenvalue weighted by Crippen LogP contribution is 2.26. The van der Waals surface area contributed by atoms with Crippen molar-refractivity contribution in [3.63, 3.8) is 0 Å². The molecule has 22 heteroatoms. The molecule has 2 heterocycles. The fourth-order valence-corrected chi connectivity index (χ4v) is 4.45. The predicted octanol–water partition coefficient (Wildman–Crippen LogP) is -10.4. The van der Waals surface area contributed by atoms with Crippen LogP contribution in [0.2, 0.25) is 0 Å². The van der Waals surface area contributed by atoms with Crippen LogP contribution in [0.15, 0.2) is 10.2 Å². The van der Waals surface area contributed by atoms with E-state index in [-0.39, 0.29) is 0 Å². The van der Waals surface area contributed by atoms with Crippen LogP contribution < -0.4 is 0 Å². The standard InChI is InChI=1S/C24H44N2O20/c27-3-9(33)21(45-23-19(41)17(39)15(37)11(5-29)43-23)13(35)7(31)1-25-26-2-8(32)14(36)22(10(34)4-28)46-24-20(42)18(40)16(38)12(6-30)44-24/h1-2,7-24,27-42H,3-6H2. The zero-order valence-corrected chi connectivity index (χ0v) is 24.1. The molecule has 0 aromatic carbocycles. The quantitative estimate of drug-likeness (QED) is 0.0500. The van der Waals surface area contributed by atoms with Gasteiger partial charge >= 0.3 is 0 Å². The Morgan fingerprint density at radius 3 is 1.13 bits per heavy atom. The van der Waals surface area contributed by atoms with E-state index in [1.807, 2.05) is 0 Å². The van der Waals surface area contributed by atoms with E-state index in [0.717, 1.165) is 0 Å². The van der Waals surface area contributed by atoms with Crippen LogP contribution in [0.3, 0.4) is 0 Å². The van der Waals surface area contributed by atoms with Crippen LogP contribution in [0.5, 0.6) is 0 Å². The summed E-state index contributed by atoms with van der Waals surface area (Å²) < 4.78 is 20.7. The molecule has 22 nitrogen and oxygen atoms in total. The van der Waals surface area contributed by atoms with Gasteiger partial charge in [0.05, 0.1) is 38.9 Å². The topological polar surface area (TPSA) is 385 Å². The first-order valence-corrected chi connectivity index (χ1v) is 13.9. The van der Waals surface area contributed by atoms with Crippen LogP contribution in [-0.4, -0.2) is 231 Å². The maximum absolute atomic E-state index is 10.5. The van der Waals surface area contributed by atoms with Crippen molar-refractivity contribution in [3.8, 4) is 0 Å². The number of nitrogens with zero attached hydrogens (tertiary/aromatic N) is 2. The molecule has 16 N–H and O–H groups in total. The summed E-state index contributed by atoms with van der Waals surface area (Å²) in [6, 6.07) is 0. The summed E-state index contributed by atoms with van der Waals surface area (Å²) in [7, 11) is 0. The van der Waals surface area contributed by atoms with Crippen molar-refractivity contribution in [1.82, 2.24) is 0 Å². The minimum Gasteiger partial charge on any atom is -0.394 e. The smallest absolute Gasteiger partial charge is 0.187 e. The second-order valence-corrected chi connectivity index (χ2v) is 10.6. The van der Waals surface area contributed by atoms with Crippen molar-refractivity contribution in [2.24, 2.45) is 10.2 Å². The van der Waals surface area contributed by atoms with E-state index in [4.69, 9.17) is 18.9 Å². The molecular formula is C24H44N2O20. The van der Waals surface area contributed by atoms with E-state index in [1.165, 1.54) is 0 Å². The van der Waals surface area contributed by atoms with Gasteiger partial charge in [0.1, 0.15) is 97.7 Å². The minimum absolute atomic E-state index is 0.540. The second kappa shape index (κ2) is 18.9. The third kappa shape index (κ3) is 10.0. The normalized spacial score (nSPS) is 37.9. The third-order valence-corrected chi connectivity index (χ3v) is 7.29. The second-order valence-electron chi connectivity index (χ2n) is 10.6. The Bertz CT molecular complexity index is 860. The zero-order chi connectivity index (χ0) is 34.9. The van der Waals surface area contributed by atoms with Gasteiger partial charge in [0.2, 0.25) is 0 Å². The molecule has 2 rings (SSSR count). The Kier molecular flexibility index (Phi) is 16.7. The van der Waals surface area contributed by atoms with Crippen molar-refractivity contribution < 1.29 is 101 Å². The molecule has 270 valence electrons. The lowest BCUT2D eigenvalue weighted by molar-refractivity contribution is -0.326. The molecule has 0 spiro atoms. The molecule has 46 heavy (non-hydrogen) atoms. The Hall–Kier alpha value is -1.46. The third-order valence-electron chi connectivity index (χ3n) is 7.29. The number of hydrogen-bond acceptors (Lipinski definition) is 22. The fraction of sp³-hybridized carbons (Fsp3) is 0.917. The summed E-state index contributed by atoms with van der Waals surface area (Å²) >= 11 is 0. The lowest BCUT2D eigenvalue weighted by atomic mass is 9.98. The van der Waals surface area contributed by atoms with Crippen LogP contribution in [-0.2, 0) is 18.9 Å². The molecule has 2 aliphatic rings. The SMILES string of the molecule is OCC(O)C(OC1OC(CO)C(O)C(O)C1O)C(O)C(O)C=NN=CC(O)C(O)C(OC1OC(CO)C(O)C(O)C1O)C(O)CO. The summed E-state index contributed by atoms with van der Waals surface area (Å²) in [6.45, 7) is -3.74. The van der Waals surface area contributed by atoms with Gasteiger partial charge in [-0.05, 0) is 0 Å². The first-order valence-electron chi connectivity index (χ1n) is 13.9. The van der Waals surface area contributed by atoms with Crippen molar-refractivity contribution in [1.29, 1.82) is 0 Å². The molecule has 0 aromatic heterocycles. The Labute approximate surface area is 260 Å². The molecule has 2 fully saturated rings. The van der Waals surface area contributed by atoms with Gasteiger partial charge in [0.15, 0.2) is 12.6 Å². The molecule has 0 aromatic rings. The van der Waals surface area contributed by atoms with Crippen molar-refractivity contribution >= 4 is 12.4 Å². The molecule has 0 radical (unpaired) electrons. The lowest BCUT2D eigenvalue weighted by Crippen LogP contribution is -2.61. The van der Waals surface area contributed by atoms with Gasteiger partial charge < -0.3 is 101 Å². The van der Waals surface area contributed by atoms with Gasteiger partial charge in [-0.2, -0.15) is 10.2 Å². The van der Waals surface area contributed by atoms with E-state index in [1.54, 1.807) is 0 Å². The first kappa shape index (κ1) is 40.7. The fourth-order valence-electron chi connectivity index (χ4n) is 4.45. The molecule has 0 aliphatic carbocycles. The zero-order valence-electron chi connectivity index (χ0n) is 24.1. The average molecular weight is 681 g/mol. The average Bonchev–Trinajstić information content (AvgIpc) is 3.05. The van der Waals surface area contributed by atoms with E-state index >= 15 is 0 Å². The molecular weight excluding hydrogens is 636 g/mol. The number of rotatable bonds is 17. The van der Waals surface area contributed by atoms with Crippen LogP contribution in [0.1, 0.15) is 0 Å². The summed E-state index contributed by atoms with van der Waals surface area (Å²) in [5.41, 5.74) is 0. The molecule has 0 saturated carbocycles. The summed E-state index contributed by atoms with van der Waals surface area (Å²) in [6.07, 6.45) is -32.8. The Morgan fingerprint density at radius 1 is 0.522 bits per heavy atom. The minimum atomic E-state index is -2.14. The van der Waals surface area contributed by atoms with E-state index in [2.05, 4.69) is 10.2 Å². The Morgan fingerprint density at radius 2 is 0.848 bits per heavy atom. The molecule has 2 aliphatic heterocycles. The monoisotopic (exact) mass is 680 g/mol. The maximum atomic E-state index is 10.5. The highest BCUT2D eigenvalue weighted by molar-refractivity contribution is 5.67. The summed E-state index contributed by atoms with van der Waals surface area (Å²) in [4.78, 5) is 0. The molecule has 0 bridgehead atoms. The highest BCUT2D eigenvalue weighted by Gasteiger charge is 2.48. The highest BCUT2D eigenvalue weighted by atomic mass is 16.7. The van der Waals surface area contributed by atoms with Crippen LogP contribution in [0.25, 0.3) is 0 Å². The van der Waals surface area contributed by atoms with Crippen LogP contribution in [0.4, 0.5) is 0 Å². The summed E-state index contributed by atoms with van der Waals surface area (Å²) in [5.74, 6) is 0. The van der Waals surface area contributed by atoms with E-state index in [0.29, 0.717) is 12.4 Å². The van der Waals surface area contributed by atoms with Crippen molar-refractivity contribution in [3.05, 3.63) is 0 Å². The first-order chi connectivity index (χ1) is 21.6. The molecule has 18 atom stereocenters. The lowest BCUT2D eigenvalue weighted by Gasteiger charge is -2.42. The van der Waals surface area contributed by atoms with Gasteiger partial charge in [0, 0.05) is 0 Å². The van der Waals surface area contributed by atoms with Crippen molar-refractivity contribution in [2.45, 2.75) is 110 Å². The van der Waals surface area contributed by atoms with Gasteiger partial charge in [0.25, 0.3) is 0 Å². The molecule has 2 saturated heterocycles. The number of aliphatic hydroxyl groups is 16. The molecule has 18 unspecified atom stereocenters. The van der Waals surface area contributed by atoms with E-state index in [9.17, 15) is 81.7 Å². The number of hydrogen-bond donors (Lipinski definition) is 16. The summed E-state index contributed by atoms with van der Waals surface area (Å²) in [5, 5.41) is 166. The van der Waals surface area contributed by atoms with Crippen molar-refractivity contribution in [2.75, 3.05) is 26.4 Å². The predicted molar refractivity (Wildman–Crippen MR) is 144 cm³/mol.